The number of hydrogen-bond acceptors (Lipinski definition) is 0. The zero-order valence-electron chi connectivity index (χ0n) is 6.16. The van der Waals surface area contributed by atoms with Crippen molar-refractivity contribution in [3.8, 4) is 0 Å². The molecule has 0 N–H and O–H groups in total. The van der Waals surface area contributed by atoms with Gasteiger partial charge in [0.25, 0.3) is 0 Å². The second kappa shape index (κ2) is 8.65. The molecule has 0 spiro atoms. The molecule has 3 heteroatoms. The molecule has 0 nitrogen and oxygen atoms in total. The van der Waals surface area contributed by atoms with Gasteiger partial charge in [-0.25, -0.2) is 0 Å². The Morgan fingerprint density at radius 1 is 0.700 bits per heavy atom. The van der Waals surface area contributed by atoms with E-state index in [1.54, 1.807) is 0 Å². The third kappa shape index (κ3) is 6.28. The van der Waals surface area contributed by atoms with Gasteiger partial charge in [-0.05, 0) is 0 Å². The molecule has 0 aliphatic heterocycles. The first-order chi connectivity index (χ1) is 4.85. The van der Waals surface area contributed by atoms with Crippen molar-refractivity contribution in [1.82, 2.24) is 0 Å². The quantitative estimate of drug-likeness (QED) is 0.627. The van der Waals surface area contributed by atoms with Crippen molar-refractivity contribution in [1.29, 1.82) is 0 Å². The van der Waals surface area contributed by atoms with Crippen LogP contribution in [0.3, 0.4) is 0 Å². The van der Waals surface area contributed by atoms with Gasteiger partial charge in [0.1, 0.15) is 0 Å². The maximum atomic E-state index is 2.68. The first-order valence-corrected chi connectivity index (χ1v) is 7.65. The van der Waals surface area contributed by atoms with Crippen molar-refractivity contribution in [2.24, 2.45) is 5.92 Å². The van der Waals surface area contributed by atoms with Crippen molar-refractivity contribution < 1.29 is 0 Å². The molecule has 0 rings (SSSR count). The predicted octanol–water partition coefficient (Wildman–Crippen LogP) is 0.730. The van der Waals surface area contributed by atoms with Crippen molar-refractivity contribution >= 4 is 48.0 Å². The summed E-state index contributed by atoms with van der Waals surface area (Å²) in [5, 5.41) is 3.87. The Kier molecular flexibility index (Phi) is 10.0. The zero-order valence-corrected chi connectivity index (χ0v) is 11.8. The molecular weight excluding hydrogens is 321 g/mol. The molecule has 0 aliphatic carbocycles. The summed E-state index contributed by atoms with van der Waals surface area (Å²) in [6.45, 7) is 0. The molecule has 0 aromatic rings. The molecule has 0 aromatic carbocycles. The minimum atomic E-state index is 0.981. The number of hydrogen-bond donors (Lipinski definition) is 0. The summed E-state index contributed by atoms with van der Waals surface area (Å²) >= 11 is 8.04. The van der Waals surface area contributed by atoms with E-state index in [1.165, 1.54) is 35.2 Å². The summed E-state index contributed by atoms with van der Waals surface area (Å²) in [5.41, 5.74) is 0. The third-order valence-corrected chi connectivity index (χ3v) is 3.24. The molecule has 0 aliphatic rings. The Hall–Kier alpha value is 1.56. The van der Waals surface area contributed by atoms with Crippen molar-refractivity contribution in [2.75, 3.05) is 0 Å². The second-order valence-electron chi connectivity index (χ2n) is 2.40. The molecule has 0 amide bonds. The van der Waals surface area contributed by atoms with Crippen LogP contribution in [0.5, 0.6) is 0 Å². The van der Waals surface area contributed by atoms with Gasteiger partial charge in [0.2, 0.25) is 0 Å². The van der Waals surface area contributed by atoms with Gasteiger partial charge >= 0.3 is 89.2 Å². The van der Waals surface area contributed by atoms with Crippen LogP contribution in [0.15, 0.2) is 0 Å². The van der Waals surface area contributed by atoms with Crippen LogP contribution in [0.4, 0.5) is 0 Å². The molecule has 0 saturated carbocycles. The summed E-state index contributed by atoms with van der Waals surface area (Å²) in [7, 11) is 0. The van der Waals surface area contributed by atoms with Gasteiger partial charge in [-0.15, -0.1) is 0 Å². The van der Waals surface area contributed by atoms with Gasteiger partial charge < -0.3 is 0 Å². The SMILES string of the molecule is [SeH]CCC(CC[SeH])CC[SeH]. The monoisotopic (exact) mass is 340 g/mol. The Bertz CT molecular complexity index is 51.6. The summed E-state index contributed by atoms with van der Waals surface area (Å²) in [6.07, 6.45) is 4.20. The van der Waals surface area contributed by atoms with E-state index >= 15 is 0 Å². The minimum absolute atomic E-state index is 0.981. The van der Waals surface area contributed by atoms with E-state index in [0.717, 1.165) is 5.92 Å². The zero-order chi connectivity index (χ0) is 7.82. The topological polar surface area (TPSA) is 0 Å². The Balaban J connectivity index is 3.30. The summed E-state index contributed by atoms with van der Waals surface area (Å²) in [6, 6.07) is 0. The van der Waals surface area contributed by atoms with Gasteiger partial charge in [-0.1, -0.05) is 0 Å². The van der Waals surface area contributed by atoms with Crippen LogP contribution in [0.2, 0.25) is 16.0 Å². The molecular formula is C7H16Se3. The van der Waals surface area contributed by atoms with E-state index < -0.39 is 0 Å². The first-order valence-electron chi connectivity index (χ1n) is 3.67. The Morgan fingerprint density at radius 3 is 1.20 bits per heavy atom. The molecule has 0 saturated heterocycles. The molecule has 62 valence electrons. The van der Waals surface area contributed by atoms with Gasteiger partial charge in [0.15, 0.2) is 0 Å². The van der Waals surface area contributed by atoms with Crippen LogP contribution in [-0.2, 0) is 0 Å². The van der Waals surface area contributed by atoms with E-state index in [1.807, 2.05) is 0 Å². The van der Waals surface area contributed by atoms with Crippen LogP contribution in [-0.4, -0.2) is 48.0 Å². The Morgan fingerprint density at radius 2 is 1.00 bits per heavy atom. The fraction of sp³-hybridized carbons (Fsp3) is 1.00. The molecule has 10 heavy (non-hydrogen) atoms. The van der Waals surface area contributed by atoms with Crippen LogP contribution in [0.25, 0.3) is 0 Å². The fourth-order valence-corrected chi connectivity index (χ4v) is 3.28. The summed E-state index contributed by atoms with van der Waals surface area (Å²) < 4.78 is 0. The maximum absolute atomic E-state index is 2.68. The molecule has 0 bridgehead atoms. The van der Waals surface area contributed by atoms with E-state index in [0.29, 0.717) is 0 Å². The molecule has 0 unspecified atom stereocenters. The second-order valence-corrected chi connectivity index (χ2v) is 5.22. The van der Waals surface area contributed by atoms with Gasteiger partial charge in [-0.2, -0.15) is 0 Å². The van der Waals surface area contributed by atoms with Gasteiger partial charge in [-0.3, -0.25) is 0 Å². The van der Waals surface area contributed by atoms with Crippen LogP contribution < -0.4 is 0 Å². The average Bonchev–Trinajstić information content (AvgIpc) is 1.90. The van der Waals surface area contributed by atoms with Crippen molar-refractivity contribution in [2.45, 2.75) is 35.2 Å². The van der Waals surface area contributed by atoms with Crippen LogP contribution >= 0.6 is 0 Å². The fourth-order valence-electron chi connectivity index (χ4n) is 0.981. The number of rotatable bonds is 6. The van der Waals surface area contributed by atoms with E-state index in [4.69, 9.17) is 0 Å². The molecule has 0 aromatic heterocycles. The first kappa shape index (κ1) is 11.6. The average molecular weight is 337 g/mol. The van der Waals surface area contributed by atoms with Gasteiger partial charge in [0, 0.05) is 0 Å². The standard InChI is InChI=1S/C7H16Se3/c8-4-1-7(2-5-9)3-6-10/h7-10H,1-6H2. The normalized spacial score (nSPS) is 10.8. The molecule has 0 fully saturated rings. The molecule has 0 heterocycles. The summed E-state index contributed by atoms with van der Waals surface area (Å²) in [4.78, 5) is 0. The third-order valence-electron chi connectivity index (χ3n) is 1.61. The van der Waals surface area contributed by atoms with Crippen LogP contribution in [0, 0.1) is 5.92 Å². The van der Waals surface area contributed by atoms with E-state index in [9.17, 15) is 0 Å². The van der Waals surface area contributed by atoms with Crippen molar-refractivity contribution in [3.63, 3.8) is 0 Å². The van der Waals surface area contributed by atoms with E-state index in [-0.39, 0.29) is 0 Å². The van der Waals surface area contributed by atoms with E-state index in [2.05, 4.69) is 48.0 Å². The Labute approximate surface area is 88.7 Å². The van der Waals surface area contributed by atoms with Gasteiger partial charge in [0.05, 0.1) is 0 Å². The molecule has 0 radical (unpaired) electrons. The van der Waals surface area contributed by atoms with Crippen molar-refractivity contribution in [3.05, 3.63) is 0 Å². The summed E-state index contributed by atoms with van der Waals surface area (Å²) in [5.74, 6) is 0.981. The van der Waals surface area contributed by atoms with Crippen LogP contribution in [0.1, 0.15) is 19.3 Å². The predicted molar refractivity (Wildman–Crippen MR) is 53.2 cm³/mol. The molecule has 0 atom stereocenters.